The smallest absolute Gasteiger partial charge is 0.416 e. The number of carbonyl (C=O) groups is 3. The van der Waals surface area contributed by atoms with E-state index in [2.05, 4.69) is 16.0 Å². The third-order valence-electron chi connectivity index (χ3n) is 6.16. The number of benzene rings is 2. The molecule has 7 nitrogen and oxygen atoms in total. The van der Waals surface area contributed by atoms with Crippen LogP contribution < -0.4 is 16.0 Å². The van der Waals surface area contributed by atoms with Crippen LogP contribution in [0.15, 0.2) is 54.6 Å². The van der Waals surface area contributed by atoms with E-state index in [0.717, 1.165) is 36.6 Å². The van der Waals surface area contributed by atoms with E-state index in [-0.39, 0.29) is 30.1 Å². The Labute approximate surface area is 201 Å². The van der Waals surface area contributed by atoms with Gasteiger partial charge in [-0.05, 0) is 61.8 Å². The van der Waals surface area contributed by atoms with Crippen LogP contribution in [0.2, 0.25) is 0 Å². The number of aryl methyl sites for hydroxylation is 1. The van der Waals surface area contributed by atoms with E-state index in [1.165, 1.54) is 6.07 Å². The summed E-state index contributed by atoms with van der Waals surface area (Å²) in [5, 5.41) is 16.9. The van der Waals surface area contributed by atoms with E-state index < -0.39 is 29.6 Å². The molecule has 10 heteroatoms. The first-order chi connectivity index (χ1) is 16.6. The molecule has 0 saturated heterocycles. The molecule has 0 heterocycles. The van der Waals surface area contributed by atoms with Crippen molar-refractivity contribution in [3.8, 4) is 0 Å². The lowest BCUT2D eigenvalue weighted by Gasteiger charge is -2.36. The quantitative estimate of drug-likeness (QED) is 0.448. The van der Waals surface area contributed by atoms with Crippen LogP contribution in [-0.2, 0) is 17.4 Å². The van der Waals surface area contributed by atoms with Gasteiger partial charge in [0.05, 0.1) is 12.1 Å². The fourth-order valence-electron chi connectivity index (χ4n) is 4.43. The minimum atomic E-state index is -4.57. The number of rotatable bonds is 8. The molecule has 2 aromatic rings. The summed E-state index contributed by atoms with van der Waals surface area (Å²) in [4.78, 5) is 35.9. The second kappa shape index (κ2) is 11.7. The number of halogens is 3. The molecule has 2 aromatic carbocycles. The highest BCUT2D eigenvalue weighted by Gasteiger charge is 2.33. The van der Waals surface area contributed by atoms with Crippen molar-refractivity contribution in [3.63, 3.8) is 0 Å². The first-order valence-electron chi connectivity index (χ1n) is 11.4. The second-order valence-electron chi connectivity index (χ2n) is 8.68. The molecular weight excluding hydrogens is 463 g/mol. The van der Waals surface area contributed by atoms with Crippen molar-refractivity contribution in [2.75, 3.05) is 6.54 Å². The number of alkyl halides is 3. The van der Waals surface area contributed by atoms with Gasteiger partial charge in [-0.1, -0.05) is 36.4 Å². The van der Waals surface area contributed by atoms with Gasteiger partial charge in [0.1, 0.15) is 0 Å². The summed E-state index contributed by atoms with van der Waals surface area (Å²) in [5.74, 6) is -1.21. The molecule has 0 spiro atoms. The third kappa shape index (κ3) is 8.01. The normalized spacial score (nSPS) is 20.0. The van der Waals surface area contributed by atoms with Crippen LogP contribution in [0.5, 0.6) is 0 Å². The van der Waals surface area contributed by atoms with Crippen LogP contribution >= 0.6 is 0 Å². The Bertz CT molecular complexity index is 1030. The summed E-state index contributed by atoms with van der Waals surface area (Å²) in [6, 6.07) is 13.4. The van der Waals surface area contributed by atoms with Gasteiger partial charge in [0.15, 0.2) is 0 Å². The molecule has 1 aliphatic rings. The van der Waals surface area contributed by atoms with Crippen LogP contribution in [0, 0.1) is 5.92 Å². The summed E-state index contributed by atoms with van der Waals surface area (Å²) in [6.45, 7) is -0.381. The summed E-state index contributed by atoms with van der Waals surface area (Å²) in [7, 11) is 0. The van der Waals surface area contributed by atoms with Crippen LogP contribution in [-0.4, -0.2) is 41.6 Å². The largest absolute Gasteiger partial charge is 0.465 e. The molecule has 0 bridgehead atoms. The lowest BCUT2D eigenvalue weighted by molar-refractivity contribution is -0.137. The first-order valence-corrected chi connectivity index (χ1v) is 11.4. The zero-order valence-electron chi connectivity index (χ0n) is 19.0. The molecule has 0 radical (unpaired) electrons. The van der Waals surface area contributed by atoms with Gasteiger partial charge in [-0.15, -0.1) is 0 Å². The molecule has 3 amide bonds. The highest BCUT2D eigenvalue weighted by molar-refractivity contribution is 5.96. The Balaban J connectivity index is 1.57. The Hall–Kier alpha value is -3.56. The Kier molecular flexibility index (Phi) is 8.73. The highest BCUT2D eigenvalue weighted by Crippen LogP contribution is 2.30. The summed E-state index contributed by atoms with van der Waals surface area (Å²) in [5.41, 5.74) is 0.00968. The van der Waals surface area contributed by atoms with Crippen molar-refractivity contribution in [2.24, 2.45) is 5.92 Å². The molecule has 188 valence electrons. The molecule has 35 heavy (non-hydrogen) atoms. The van der Waals surface area contributed by atoms with Crippen molar-refractivity contribution in [3.05, 3.63) is 71.3 Å². The monoisotopic (exact) mass is 491 g/mol. The van der Waals surface area contributed by atoms with E-state index in [4.69, 9.17) is 5.11 Å². The molecule has 3 rings (SSSR count). The number of carboxylic acid groups (broad SMARTS) is 1. The SMILES string of the molecule is O=C(O)N[C@@H]1CC[C@H](NC(=O)CNC(=O)c2cccc(C(F)(F)F)c2)[C@H](CCc2ccccc2)C1. The van der Waals surface area contributed by atoms with E-state index in [1.807, 2.05) is 30.3 Å². The topological polar surface area (TPSA) is 108 Å². The van der Waals surface area contributed by atoms with Crippen LogP contribution in [0.25, 0.3) is 0 Å². The fourth-order valence-corrected chi connectivity index (χ4v) is 4.43. The van der Waals surface area contributed by atoms with Crippen LogP contribution in [0.3, 0.4) is 0 Å². The van der Waals surface area contributed by atoms with Crippen molar-refractivity contribution < 1.29 is 32.7 Å². The van der Waals surface area contributed by atoms with Gasteiger partial charge in [0.2, 0.25) is 5.91 Å². The zero-order valence-corrected chi connectivity index (χ0v) is 19.0. The van der Waals surface area contributed by atoms with Gasteiger partial charge in [-0.2, -0.15) is 13.2 Å². The number of carbonyl (C=O) groups excluding carboxylic acids is 2. The molecule has 0 aromatic heterocycles. The average Bonchev–Trinajstić information content (AvgIpc) is 2.82. The summed E-state index contributed by atoms with van der Waals surface area (Å²) >= 11 is 0. The first kappa shape index (κ1) is 26.1. The predicted octanol–water partition coefficient (Wildman–Crippen LogP) is 3.99. The maximum absolute atomic E-state index is 12.9. The van der Waals surface area contributed by atoms with Crippen LogP contribution in [0.1, 0.15) is 47.2 Å². The Morgan fingerprint density at radius 2 is 1.71 bits per heavy atom. The maximum atomic E-state index is 12.9. The van der Waals surface area contributed by atoms with Crippen molar-refractivity contribution >= 4 is 17.9 Å². The second-order valence-corrected chi connectivity index (χ2v) is 8.68. The van der Waals surface area contributed by atoms with Gasteiger partial charge in [0, 0.05) is 17.6 Å². The molecule has 1 saturated carbocycles. The van der Waals surface area contributed by atoms with Crippen molar-refractivity contribution in [1.82, 2.24) is 16.0 Å². The lowest BCUT2D eigenvalue weighted by atomic mass is 9.78. The molecule has 0 unspecified atom stereocenters. The molecule has 1 aliphatic carbocycles. The molecular formula is C25H28F3N3O4. The van der Waals surface area contributed by atoms with Crippen molar-refractivity contribution in [2.45, 2.75) is 50.4 Å². The molecule has 4 N–H and O–H groups in total. The van der Waals surface area contributed by atoms with Gasteiger partial charge in [0.25, 0.3) is 5.91 Å². The van der Waals surface area contributed by atoms with E-state index in [9.17, 15) is 27.6 Å². The third-order valence-corrected chi connectivity index (χ3v) is 6.16. The minimum Gasteiger partial charge on any atom is -0.465 e. The maximum Gasteiger partial charge on any atom is 0.416 e. The average molecular weight is 492 g/mol. The number of amides is 3. The lowest BCUT2D eigenvalue weighted by Crippen LogP contribution is -2.50. The fraction of sp³-hybridized carbons (Fsp3) is 0.400. The molecule has 1 fully saturated rings. The zero-order chi connectivity index (χ0) is 25.4. The highest BCUT2D eigenvalue weighted by atomic mass is 19.4. The summed E-state index contributed by atoms with van der Waals surface area (Å²) in [6.07, 6.45) is -2.45. The molecule has 0 aliphatic heterocycles. The van der Waals surface area contributed by atoms with Crippen LogP contribution in [0.4, 0.5) is 18.0 Å². The van der Waals surface area contributed by atoms with Gasteiger partial charge >= 0.3 is 12.3 Å². The number of hydrogen-bond acceptors (Lipinski definition) is 3. The van der Waals surface area contributed by atoms with E-state index in [0.29, 0.717) is 19.3 Å². The van der Waals surface area contributed by atoms with Gasteiger partial charge in [-0.25, -0.2) is 4.79 Å². The van der Waals surface area contributed by atoms with Gasteiger partial charge in [-0.3, -0.25) is 9.59 Å². The van der Waals surface area contributed by atoms with Gasteiger partial charge < -0.3 is 21.1 Å². The van der Waals surface area contributed by atoms with E-state index in [1.54, 1.807) is 0 Å². The Morgan fingerprint density at radius 1 is 0.971 bits per heavy atom. The summed E-state index contributed by atoms with van der Waals surface area (Å²) < 4.78 is 38.6. The Morgan fingerprint density at radius 3 is 2.40 bits per heavy atom. The standard InChI is InChI=1S/C25H28F3N3O4/c26-25(27,28)19-8-4-7-18(13-19)23(33)29-15-22(32)31-21-12-11-20(30-24(34)35)14-17(21)10-9-16-5-2-1-3-6-16/h1-8,13,17,20-21,30H,9-12,14-15H2,(H,29,33)(H,31,32)(H,34,35)/t17-,20-,21+/m1/s1. The number of hydrogen-bond donors (Lipinski definition) is 4. The van der Waals surface area contributed by atoms with E-state index >= 15 is 0 Å². The minimum absolute atomic E-state index is 0.0175. The van der Waals surface area contributed by atoms with Crippen molar-refractivity contribution in [1.29, 1.82) is 0 Å². The number of nitrogens with one attached hydrogen (secondary N) is 3. The predicted molar refractivity (Wildman–Crippen MR) is 123 cm³/mol. The molecule has 3 atom stereocenters.